The van der Waals surface area contributed by atoms with Crippen molar-refractivity contribution in [2.75, 3.05) is 0 Å². The molecule has 1 aliphatic carbocycles. The van der Waals surface area contributed by atoms with E-state index in [1.165, 1.54) is 35.1 Å². The average molecular weight is 339 g/mol. The summed E-state index contributed by atoms with van der Waals surface area (Å²) in [5.74, 6) is 0. The van der Waals surface area contributed by atoms with Crippen LogP contribution in [0.15, 0.2) is 40.9 Å². The van der Waals surface area contributed by atoms with Gasteiger partial charge in [0.05, 0.1) is 0 Å². The second kappa shape index (κ2) is 5.28. The number of nitrogens with zero attached hydrogens (tertiary/aromatic N) is 5. The first-order valence-corrected chi connectivity index (χ1v) is 9.26. The zero-order chi connectivity index (χ0) is 15.2. The summed E-state index contributed by atoms with van der Waals surface area (Å²) in [6.07, 6.45) is 8.50. The summed E-state index contributed by atoms with van der Waals surface area (Å²) in [5, 5.41) is 11.6. The van der Waals surface area contributed by atoms with Gasteiger partial charge in [-0.15, -0.1) is 21.5 Å². The van der Waals surface area contributed by atoms with Crippen LogP contribution in [0.3, 0.4) is 0 Å². The molecule has 4 heterocycles. The fraction of sp³-hybridized carbons (Fsp3) is 0.250. The van der Waals surface area contributed by atoms with Crippen molar-refractivity contribution in [2.24, 2.45) is 0 Å². The van der Waals surface area contributed by atoms with Gasteiger partial charge in [-0.05, 0) is 55.1 Å². The van der Waals surface area contributed by atoms with Gasteiger partial charge in [-0.3, -0.25) is 4.40 Å². The monoisotopic (exact) mass is 339 g/mol. The lowest BCUT2D eigenvalue weighted by Gasteiger charge is -2.11. The summed E-state index contributed by atoms with van der Waals surface area (Å²) in [7, 11) is 0. The van der Waals surface area contributed by atoms with E-state index in [4.69, 9.17) is 0 Å². The molecule has 0 N–H and O–H groups in total. The predicted molar refractivity (Wildman–Crippen MR) is 91.2 cm³/mol. The van der Waals surface area contributed by atoms with Gasteiger partial charge in [-0.1, -0.05) is 6.07 Å². The molecule has 0 aliphatic heterocycles. The van der Waals surface area contributed by atoms with Crippen molar-refractivity contribution < 1.29 is 0 Å². The SMILES string of the molecule is c1ccn2c(Sc3ncnc4sc5c(c34)CCCC5)nnc2c1. The Bertz CT molecular complexity index is 1020. The van der Waals surface area contributed by atoms with E-state index in [-0.39, 0.29) is 0 Å². The molecular weight excluding hydrogens is 326 g/mol. The summed E-state index contributed by atoms with van der Waals surface area (Å²) < 4.78 is 2.00. The average Bonchev–Trinajstić information content (AvgIpc) is 3.17. The highest BCUT2D eigenvalue weighted by Crippen LogP contribution is 2.40. The molecule has 0 spiro atoms. The van der Waals surface area contributed by atoms with Gasteiger partial charge in [0.1, 0.15) is 16.2 Å². The maximum atomic E-state index is 4.55. The van der Waals surface area contributed by atoms with Gasteiger partial charge in [0.2, 0.25) is 5.16 Å². The first-order valence-electron chi connectivity index (χ1n) is 7.63. The number of rotatable bonds is 2. The first-order chi connectivity index (χ1) is 11.4. The molecule has 5 nitrogen and oxygen atoms in total. The van der Waals surface area contributed by atoms with Gasteiger partial charge in [0, 0.05) is 16.5 Å². The molecule has 0 atom stereocenters. The van der Waals surface area contributed by atoms with E-state index >= 15 is 0 Å². The fourth-order valence-corrected chi connectivity index (χ4v) is 5.34. The zero-order valence-corrected chi connectivity index (χ0v) is 13.9. The van der Waals surface area contributed by atoms with Crippen LogP contribution in [-0.4, -0.2) is 24.6 Å². The van der Waals surface area contributed by atoms with Gasteiger partial charge >= 0.3 is 0 Å². The lowest BCUT2D eigenvalue weighted by Crippen LogP contribution is -1.99. The summed E-state index contributed by atoms with van der Waals surface area (Å²) >= 11 is 3.40. The van der Waals surface area contributed by atoms with Crippen LogP contribution in [0.4, 0.5) is 0 Å². The Hall–Kier alpha value is -1.99. The molecule has 0 unspecified atom stereocenters. The maximum Gasteiger partial charge on any atom is 0.201 e. The van der Waals surface area contributed by atoms with Gasteiger partial charge in [0.25, 0.3) is 0 Å². The van der Waals surface area contributed by atoms with Crippen LogP contribution in [0.2, 0.25) is 0 Å². The Balaban J connectivity index is 1.67. The Labute approximate surface area is 140 Å². The fourth-order valence-electron chi connectivity index (χ4n) is 3.11. The Morgan fingerprint density at radius 2 is 2.04 bits per heavy atom. The topological polar surface area (TPSA) is 56.0 Å². The molecule has 1 aliphatic rings. The molecule has 114 valence electrons. The van der Waals surface area contributed by atoms with Crippen molar-refractivity contribution in [1.29, 1.82) is 0 Å². The second-order valence-corrected chi connectivity index (χ2v) is 7.62. The molecular formula is C16H13N5S2. The van der Waals surface area contributed by atoms with Crippen molar-refractivity contribution in [3.8, 4) is 0 Å². The highest BCUT2D eigenvalue weighted by atomic mass is 32.2. The molecule has 23 heavy (non-hydrogen) atoms. The molecule has 0 fully saturated rings. The summed E-state index contributed by atoms with van der Waals surface area (Å²) in [4.78, 5) is 11.6. The third-order valence-corrected chi connectivity index (χ3v) is 6.35. The molecule has 0 amide bonds. The van der Waals surface area contributed by atoms with E-state index in [2.05, 4.69) is 20.2 Å². The van der Waals surface area contributed by atoms with Crippen LogP contribution in [0, 0.1) is 0 Å². The summed E-state index contributed by atoms with van der Waals surface area (Å²) in [6, 6.07) is 5.91. The summed E-state index contributed by atoms with van der Waals surface area (Å²) in [6.45, 7) is 0. The Morgan fingerprint density at radius 1 is 1.09 bits per heavy atom. The minimum Gasteiger partial charge on any atom is -0.277 e. The van der Waals surface area contributed by atoms with Crippen molar-refractivity contribution in [1.82, 2.24) is 24.6 Å². The highest BCUT2D eigenvalue weighted by Gasteiger charge is 2.21. The van der Waals surface area contributed by atoms with Gasteiger partial charge in [0.15, 0.2) is 5.65 Å². The number of thiophene rings is 1. The third kappa shape index (κ3) is 2.14. The van der Waals surface area contributed by atoms with E-state index in [0.717, 1.165) is 27.1 Å². The zero-order valence-electron chi connectivity index (χ0n) is 12.3. The normalized spacial score (nSPS) is 14.4. The van der Waals surface area contributed by atoms with E-state index in [1.807, 2.05) is 40.1 Å². The molecule has 0 saturated carbocycles. The maximum absolute atomic E-state index is 4.55. The lowest BCUT2D eigenvalue weighted by molar-refractivity contribution is 0.699. The van der Waals surface area contributed by atoms with Crippen molar-refractivity contribution in [3.63, 3.8) is 0 Å². The molecule has 0 aromatic carbocycles. The molecule has 5 rings (SSSR count). The number of hydrogen-bond donors (Lipinski definition) is 0. The Morgan fingerprint density at radius 3 is 3.04 bits per heavy atom. The van der Waals surface area contributed by atoms with Crippen LogP contribution in [-0.2, 0) is 12.8 Å². The highest BCUT2D eigenvalue weighted by molar-refractivity contribution is 7.99. The molecule has 7 heteroatoms. The van der Waals surface area contributed by atoms with Crippen LogP contribution in [0.1, 0.15) is 23.3 Å². The summed E-state index contributed by atoms with van der Waals surface area (Å²) in [5.41, 5.74) is 2.31. The molecule has 0 bridgehead atoms. The molecule has 4 aromatic rings. The van der Waals surface area contributed by atoms with Crippen LogP contribution in [0.5, 0.6) is 0 Å². The number of pyridine rings is 1. The standard InChI is InChI=1S/C16H13N5S2/c1-2-6-11-10(5-1)13-14(22-11)17-9-18-15(13)23-16-20-19-12-7-3-4-8-21(12)16/h3-4,7-9H,1-2,5-6H2. The number of aromatic nitrogens is 5. The van der Waals surface area contributed by atoms with Gasteiger partial charge in [-0.25, -0.2) is 9.97 Å². The van der Waals surface area contributed by atoms with E-state index < -0.39 is 0 Å². The predicted octanol–water partition coefficient (Wildman–Crippen LogP) is 3.76. The quantitative estimate of drug-likeness (QED) is 0.520. The minimum atomic E-state index is 0.844. The minimum absolute atomic E-state index is 0.844. The van der Waals surface area contributed by atoms with E-state index in [9.17, 15) is 0 Å². The molecule has 0 saturated heterocycles. The Kier molecular flexibility index (Phi) is 3.09. The van der Waals surface area contributed by atoms with Gasteiger partial charge in [-0.2, -0.15) is 0 Å². The number of fused-ring (bicyclic) bond motifs is 4. The van der Waals surface area contributed by atoms with Crippen LogP contribution >= 0.6 is 23.1 Å². The number of aryl methyl sites for hydroxylation is 2. The van der Waals surface area contributed by atoms with Crippen molar-refractivity contribution in [2.45, 2.75) is 35.9 Å². The van der Waals surface area contributed by atoms with E-state index in [0.29, 0.717) is 0 Å². The van der Waals surface area contributed by atoms with Crippen molar-refractivity contribution >= 4 is 39.0 Å². The smallest absolute Gasteiger partial charge is 0.201 e. The van der Waals surface area contributed by atoms with Gasteiger partial charge < -0.3 is 0 Å². The van der Waals surface area contributed by atoms with Crippen LogP contribution in [0.25, 0.3) is 15.9 Å². The van der Waals surface area contributed by atoms with E-state index in [1.54, 1.807) is 18.1 Å². The molecule has 4 aromatic heterocycles. The number of hydrogen-bond acceptors (Lipinski definition) is 6. The van der Waals surface area contributed by atoms with Crippen LogP contribution < -0.4 is 0 Å². The lowest BCUT2D eigenvalue weighted by atomic mass is 9.97. The van der Waals surface area contributed by atoms with Crippen molar-refractivity contribution in [3.05, 3.63) is 41.2 Å². The third-order valence-electron chi connectivity index (χ3n) is 4.19. The second-order valence-electron chi connectivity index (χ2n) is 5.58. The molecule has 0 radical (unpaired) electrons. The first kappa shape index (κ1) is 13.4. The largest absolute Gasteiger partial charge is 0.277 e.